The van der Waals surface area contributed by atoms with Crippen LogP contribution in [-0.2, 0) is 17.9 Å². The fourth-order valence-corrected chi connectivity index (χ4v) is 2.68. The molecule has 0 unspecified atom stereocenters. The van der Waals surface area contributed by atoms with E-state index in [4.69, 9.17) is 14.2 Å². The molecule has 0 fully saturated rings. The Hall–Kier alpha value is -2.00. The number of benzene rings is 2. The summed E-state index contributed by atoms with van der Waals surface area (Å²) < 4.78 is 16.4. The van der Waals surface area contributed by atoms with Gasteiger partial charge in [0.05, 0.1) is 34.0 Å². The van der Waals surface area contributed by atoms with Gasteiger partial charge in [0.15, 0.2) is 5.96 Å². The van der Waals surface area contributed by atoms with Crippen LogP contribution >= 0.6 is 24.0 Å². The van der Waals surface area contributed by atoms with Crippen LogP contribution in [0.4, 0.5) is 0 Å². The highest BCUT2D eigenvalue weighted by Gasteiger charge is 2.04. The second-order valence-corrected chi connectivity index (χ2v) is 6.34. The third kappa shape index (κ3) is 8.91. The Labute approximate surface area is 191 Å². The van der Waals surface area contributed by atoms with Crippen molar-refractivity contribution >= 4 is 29.9 Å². The molecule has 0 aliphatic carbocycles. The second kappa shape index (κ2) is 14.1. The van der Waals surface area contributed by atoms with Gasteiger partial charge in [-0.3, -0.25) is 0 Å². The first-order valence-electron chi connectivity index (χ1n) is 9.52. The Kier molecular flexibility index (Phi) is 12.1. The van der Waals surface area contributed by atoms with Crippen LogP contribution in [0, 0.1) is 6.92 Å². The zero-order chi connectivity index (χ0) is 20.2. The number of ether oxygens (including phenoxy) is 3. The predicted octanol–water partition coefficient (Wildman–Crippen LogP) is 3.90. The molecule has 2 rings (SSSR count). The van der Waals surface area contributed by atoms with Crippen molar-refractivity contribution in [2.75, 3.05) is 33.9 Å². The number of hydrogen-bond acceptors (Lipinski definition) is 4. The van der Waals surface area contributed by atoms with Crippen LogP contribution in [-0.4, -0.2) is 39.9 Å². The van der Waals surface area contributed by atoms with Crippen LogP contribution in [0.5, 0.6) is 11.5 Å². The van der Waals surface area contributed by atoms with E-state index in [1.165, 1.54) is 5.56 Å². The molecular weight excluding hydrogens is 481 g/mol. The largest absolute Gasteiger partial charge is 0.497 e. The first-order valence-corrected chi connectivity index (χ1v) is 9.52. The van der Waals surface area contributed by atoms with E-state index in [2.05, 4.69) is 27.8 Å². The van der Waals surface area contributed by atoms with Gasteiger partial charge < -0.3 is 24.8 Å². The van der Waals surface area contributed by atoms with Crippen LogP contribution in [0.3, 0.4) is 0 Å². The summed E-state index contributed by atoms with van der Waals surface area (Å²) in [5, 5.41) is 6.55. The van der Waals surface area contributed by atoms with E-state index in [-0.39, 0.29) is 24.0 Å². The standard InChI is InChI=1S/C22H31N3O3.HI/c1-5-23-22(25-15-19-10-9-17(2)13-21(19)27-4)24-11-12-28-16-18-7-6-8-20(14-18)26-3;/h6-10,13-14H,5,11-12,15-16H2,1-4H3,(H2,23,24,25);1H. The number of methoxy groups -OCH3 is 2. The van der Waals surface area contributed by atoms with E-state index in [1.807, 2.05) is 44.2 Å². The SMILES string of the molecule is CCNC(=NCc1ccc(C)cc1OC)NCCOCc1cccc(OC)c1.I. The van der Waals surface area contributed by atoms with Crippen molar-refractivity contribution in [2.24, 2.45) is 4.99 Å². The van der Waals surface area contributed by atoms with Gasteiger partial charge in [0.25, 0.3) is 0 Å². The molecule has 0 aliphatic heterocycles. The maximum absolute atomic E-state index is 5.74. The molecule has 0 radical (unpaired) electrons. The lowest BCUT2D eigenvalue weighted by atomic mass is 10.1. The fraction of sp³-hybridized carbons (Fsp3) is 0.409. The van der Waals surface area contributed by atoms with Gasteiger partial charge in [-0.15, -0.1) is 24.0 Å². The van der Waals surface area contributed by atoms with E-state index in [0.29, 0.717) is 26.3 Å². The van der Waals surface area contributed by atoms with Crippen LogP contribution in [0.25, 0.3) is 0 Å². The van der Waals surface area contributed by atoms with Gasteiger partial charge in [0.2, 0.25) is 0 Å². The minimum Gasteiger partial charge on any atom is -0.497 e. The number of halogens is 1. The Morgan fingerprint density at radius 1 is 1.03 bits per heavy atom. The molecule has 0 amide bonds. The zero-order valence-corrected chi connectivity index (χ0v) is 20.0. The van der Waals surface area contributed by atoms with E-state index in [0.717, 1.165) is 35.1 Å². The summed E-state index contributed by atoms with van der Waals surface area (Å²) in [4.78, 5) is 4.64. The second-order valence-electron chi connectivity index (χ2n) is 6.34. The van der Waals surface area contributed by atoms with Gasteiger partial charge in [-0.1, -0.05) is 24.3 Å². The molecule has 0 saturated heterocycles. The number of hydrogen-bond donors (Lipinski definition) is 2. The molecule has 0 saturated carbocycles. The molecule has 0 bridgehead atoms. The maximum atomic E-state index is 5.74. The van der Waals surface area contributed by atoms with Crippen molar-refractivity contribution in [3.05, 3.63) is 59.2 Å². The third-order valence-corrected chi connectivity index (χ3v) is 4.14. The van der Waals surface area contributed by atoms with Crippen molar-refractivity contribution in [1.82, 2.24) is 10.6 Å². The maximum Gasteiger partial charge on any atom is 0.191 e. The molecule has 6 nitrogen and oxygen atoms in total. The van der Waals surface area contributed by atoms with Crippen LogP contribution in [0.1, 0.15) is 23.6 Å². The number of rotatable bonds is 10. The summed E-state index contributed by atoms with van der Waals surface area (Å²) in [6, 6.07) is 14.0. The van der Waals surface area contributed by atoms with Crippen LogP contribution in [0.2, 0.25) is 0 Å². The van der Waals surface area contributed by atoms with Crippen LogP contribution in [0.15, 0.2) is 47.5 Å². The average Bonchev–Trinajstić information content (AvgIpc) is 2.72. The van der Waals surface area contributed by atoms with Gasteiger partial charge in [0.1, 0.15) is 11.5 Å². The molecule has 2 N–H and O–H groups in total. The number of aryl methyl sites for hydroxylation is 1. The Balaban J connectivity index is 0.00000420. The Morgan fingerprint density at radius 2 is 1.86 bits per heavy atom. The molecule has 160 valence electrons. The molecule has 0 heterocycles. The summed E-state index contributed by atoms with van der Waals surface area (Å²) >= 11 is 0. The predicted molar refractivity (Wildman–Crippen MR) is 129 cm³/mol. The lowest BCUT2D eigenvalue weighted by Crippen LogP contribution is -2.39. The Morgan fingerprint density at radius 3 is 2.59 bits per heavy atom. The quantitative estimate of drug-likeness (QED) is 0.219. The molecule has 2 aromatic rings. The monoisotopic (exact) mass is 513 g/mol. The van der Waals surface area contributed by atoms with Crippen molar-refractivity contribution < 1.29 is 14.2 Å². The lowest BCUT2D eigenvalue weighted by molar-refractivity contribution is 0.125. The summed E-state index contributed by atoms with van der Waals surface area (Å²) in [6.07, 6.45) is 0. The smallest absolute Gasteiger partial charge is 0.191 e. The number of aliphatic imine (C=N–C) groups is 1. The van der Waals surface area contributed by atoms with Gasteiger partial charge in [0, 0.05) is 18.7 Å². The first kappa shape index (κ1) is 25.0. The third-order valence-electron chi connectivity index (χ3n) is 4.14. The number of nitrogens with zero attached hydrogens (tertiary/aromatic N) is 1. The van der Waals surface area contributed by atoms with E-state index in [9.17, 15) is 0 Å². The fourth-order valence-electron chi connectivity index (χ4n) is 2.68. The minimum atomic E-state index is 0. The molecule has 29 heavy (non-hydrogen) atoms. The first-order chi connectivity index (χ1) is 13.7. The highest BCUT2D eigenvalue weighted by atomic mass is 127. The summed E-state index contributed by atoms with van der Waals surface area (Å²) in [5.74, 6) is 2.46. The van der Waals surface area contributed by atoms with Crippen LogP contribution < -0.4 is 20.1 Å². The molecule has 0 aliphatic rings. The number of nitrogens with one attached hydrogen (secondary N) is 2. The lowest BCUT2D eigenvalue weighted by Gasteiger charge is -2.13. The van der Waals surface area contributed by atoms with Crippen molar-refractivity contribution in [2.45, 2.75) is 27.0 Å². The van der Waals surface area contributed by atoms with Gasteiger partial charge in [-0.2, -0.15) is 0 Å². The summed E-state index contributed by atoms with van der Waals surface area (Å²) in [5.41, 5.74) is 3.31. The average molecular weight is 513 g/mol. The minimum absolute atomic E-state index is 0. The van der Waals surface area contributed by atoms with Gasteiger partial charge in [-0.25, -0.2) is 4.99 Å². The highest BCUT2D eigenvalue weighted by Crippen LogP contribution is 2.20. The summed E-state index contributed by atoms with van der Waals surface area (Å²) in [7, 11) is 3.35. The van der Waals surface area contributed by atoms with Gasteiger partial charge in [-0.05, 0) is 43.2 Å². The zero-order valence-electron chi connectivity index (χ0n) is 17.7. The summed E-state index contributed by atoms with van der Waals surface area (Å²) in [6.45, 7) is 7.23. The molecule has 2 aromatic carbocycles. The Bertz CT molecular complexity index is 769. The highest BCUT2D eigenvalue weighted by molar-refractivity contribution is 14.0. The number of guanidine groups is 1. The molecule has 7 heteroatoms. The molecule has 0 aromatic heterocycles. The molecule has 0 spiro atoms. The normalized spacial score (nSPS) is 10.8. The van der Waals surface area contributed by atoms with E-state index >= 15 is 0 Å². The topological polar surface area (TPSA) is 64.1 Å². The van der Waals surface area contributed by atoms with Crippen molar-refractivity contribution in [3.63, 3.8) is 0 Å². The molecule has 0 atom stereocenters. The van der Waals surface area contributed by atoms with E-state index < -0.39 is 0 Å². The van der Waals surface area contributed by atoms with Crippen molar-refractivity contribution in [3.8, 4) is 11.5 Å². The van der Waals surface area contributed by atoms with Gasteiger partial charge >= 0.3 is 0 Å². The van der Waals surface area contributed by atoms with Crippen molar-refractivity contribution in [1.29, 1.82) is 0 Å². The van der Waals surface area contributed by atoms with E-state index in [1.54, 1.807) is 14.2 Å². The molecular formula is C22H32IN3O3.